The van der Waals surface area contributed by atoms with Crippen LogP contribution in [-0.2, 0) is 14.3 Å². The summed E-state index contributed by atoms with van der Waals surface area (Å²) in [5.41, 5.74) is 3.27. The highest BCUT2D eigenvalue weighted by Gasteiger charge is 2.42. The fourth-order valence-electron chi connectivity index (χ4n) is 3.54. The molecule has 2 atom stereocenters. The summed E-state index contributed by atoms with van der Waals surface area (Å²) in [6, 6.07) is 3.39. The number of rotatable bonds is 6. The van der Waals surface area contributed by atoms with Crippen LogP contribution in [-0.4, -0.2) is 41.0 Å². The molecule has 1 heterocycles. The van der Waals surface area contributed by atoms with E-state index in [1.807, 2.05) is 26.0 Å². The number of nitrogens with zero attached hydrogens (tertiary/aromatic N) is 1. The highest BCUT2D eigenvalue weighted by atomic mass is 127. The fraction of sp³-hybridized carbons (Fsp3) is 0.579. The summed E-state index contributed by atoms with van der Waals surface area (Å²) in [5.74, 6) is 0.559. The first kappa shape index (κ1) is 20.0. The average Bonchev–Trinajstić information content (AvgIpc) is 3.02. The topological polar surface area (TPSA) is 55.8 Å². The fourth-order valence-corrected chi connectivity index (χ4v) is 4.00. The molecule has 0 radical (unpaired) electrons. The smallest absolute Gasteiger partial charge is 0.328 e. The van der Waals surface area contributed by atoms with Crippen LogP contribution in [0.15, 0.2) is 12.1 Å². The maximum atomic E-state index is 12.8. The molecule has 1 saturated heterocycles. The highest BCUT2D eigenvalue weighted by Crippen LogP contribution is 2.40. The molecule has 1 amide bonds. The first-order chi connectivity index (χ1) is 12.0. The van der Waals surface area contributed by atoms with Gasteiger partial charge in [0, 0.05) is 10.8 Å². The number of likely N-dealkylation sites (tertiary alicyclic amines) is 1. The summed E-state index contributed by atoms with van der Waals surface area (Å²) in [7, 11) is 1.66. The van der Waals surface area contributed by atoms with Crippen LogP contribution in [0.5, 0.6) is 5.75 Å². The highest BCUT2D eigenvalue weighted by molar-refractivity contribution is 14.1. The lowest BCUT2D eigenvalue weighted by molar-refractivity contribution is -0.154. The summed E-state index contributed by atoms with van der Waals surface area (Å²) in [4.78, 5) is 26.9. The molecule has 1 aromatic carbocycles. The Morgan fingerprint density at radius 2 is 1.96 bits per heavy atom. The molecular weight excluding hydrogens is 433 g/mol. The van der Waals surface area contributed by atoms with Crippen LogP contribution < -0.4 is 4.74 Å². The first-order valence-electron chi connectivity index (χ1n) is 8.64. The number of esters is 1. The number of benzene rings is 1. The van der Waals surface area contributed by atoms with Crippen LogP contribution in [0.4, 0.5) is 0 Å². The Hall–Kier alpha value is -1.31. The molecule has 1 aliphatic heterocycles. The Morgan fingerprint density at radius 3 is 2.56 bits per heavy atom. The predicted octanol–water partition coefficient (Wildman–Crippen LogP) is 3.73. The van der Waals surface area contributed by atoms with E-state index in [1.54, 1.807) is 18.9 Å². The van der Waals surface area contributed by atoms with Gasteiger partial charge in [0.2, 0.25) is 5.91 Å². The lowest BCUT2D eigenvalue weighted by atomic mass is 9.95. The molecule has 0 aliphatic carbocycles. The summed E-state index contributed by atoms with van der Waals surface area (Å²) in [5, 5.41) is 0. The summed E-state index contributed by atoms with van der Waals surface area (Å²) in [6.45, 7) is 6.19. The number of ether oxygens (including phenoxy) is 2. The van der Waals surface area contributed by atoms with Crippen LogP contribution in [0.2, 0.25) is 0 Å². The zero-order valence-electron chi connectivity index (χ0n) is 15.3. The second-order valence-electron chi connectivity index (χ2n) is 6.21. The van der Waals surface area contributed by atoms with Gasteiger partial charge >= 0.3 is 5.97 Å². The molecule has 25 heavy (non-hydrogen) atoms. The van der Waals surface area contributed by atoms with Crippen molar-refractivity contribution >= 4 is 34.5 Å². The maximum Gasteiger partial charge on any atom is 0.328 e. The number of carbonyl (C=O) groups excluding carboxylic acids is 2. The zero-order chi connectivity index (χ0) is 18.6. The molecule has 0 aromatic heterocycles. The third-order valence-corrected chi connectivity index (χ3v) is 5.44. The van der Waals surface area contributed by atoms with Crippen molar-refractivity contribution in [1.29, 1.82) is 0 Å². The van der Waals surface area contributed by atoms with Crippen molar-refractivity contribution in [3.05, 3.63) is 28.8 Å². The van der Waals surface area contributed by atoms with E-state index in [0.29, 0.717) is 19.4 Å². The van der Waals surface area contributed by atoms with Crippen LogP contribution in [0.1, 0.15) is 48.9 Å². The lowest BCUT2D eigenvalue weighted by Gasteiger charge is -2.31. The van der Waals surface area contributed by atoms with Crippen molar-refractivity contribution < 1.29 is 19.1 Å². The molecule has 0 saturated carbocycles. The Balaban J connectivity index is 2.40. The van der Waals surface area contributed by atoms with Gasteiger partial charge in [0.05, 0.1) is 19.8 Å². The van der Waals surface area contributed by atoms with Crippen LogP contribution in [0, 0.1) is 13.8 Å². The molecule has 0 N–H and O–H groups in total. The van der Waals surface area contributed by atoms with Gasteiger partial charge in [-0.05, 0) is 56.4 Å². The normalized spacial score (nSPS) is 19.8. The van der Waals surface area contributed by atoms with Gasteiger partial charge < -0.3 is 14.4 Å². The van der Waals surface area contributed by atoms with Gasteiger partial charge in [-0.2, -0.15) is 0 Å². The van der Waals surface area contributed by atoms with Gasteiger partial charge in [-0.3, -0.25) is 4.79 Å². The van der Waals surface area contributed by atoms with E-state index in [0.717, 1.165) is 33.3 Å². The summed E-state index contributed by atoms with van der Waals surface area (Å²) in [6.07, 6.45) is 1.84. The van der Waals surface area contributed by atoms with Crippen molar-refractivity contribution in [3.63, 3.8) is 0 Å². The molecule has 5 nitrogen and oxygen atoms in total. The Morgan fingerprint density at radius 1 is 1.24 bits per heavy atom. The molecule has 1 aliphatic rings. The second kappa shape index (κ2) is 8.87. The van der Waals surface area contributed by atoms with E-state index in [-0.39, 0.29) is 17.9 Å². The van der Waals surface area contributed by atoms with Crippen LogP contribution in [0.25, 0.3) is 0 Å². The van der Waals surface area contributed by atoms with Gasteiger partial charge in [-0.25, -0.2) is 4.79 Å². The third kappa shape index (κ3) is 4.10. The SMILES string of the molecule is CCOC(=O)[C@@H]1CC[C@H](c2ccc(OC)c(C)c2C)N1C(=O)CCI. The van der Waals surface area contributed by atoms with Crippen molar-refractivity contribution in [2.24, 2.45) is 0 Å². The van der Waals surface area contributed by atoms with E-state index >= 15 is 0 Å². The average molecular weight is 459 g/mol. The largest absolute Gasteiger partial charge is 0.496 e. The molecule has 0 bridgehead atoms. The number of methoxy groups -OCH3 is 1. The van der Waals surface area contributed by atoms with Gasteiger partial charge in [0.25, 0.3) is 0 Å². The molecule has 0 spiro atoms. The van der Waals surface area contributed by atoms with Crippen LogP contribution >= 0.6 is 22.6 Å². The minimum Gasteiger partial charge on any atom is -0.496 e. The second-order valence-corrected chi connectivity index (χ2v) is 7.29. The standard InChI is InChI=1S/C19H26INO4/c1-5-25-19(23)16-8-7-15(21(16)18(22)10-11-20)14-6-9-17(24-4)13(3)12(14)2/h6,9,15-16H,5,7-8,10-11H2,1-4H3/t15-,16+/m1/s1. The van der Waals surface area contributed by atoms with Gasteiger partial charge in [-0.15, -0.1) is 0 Å². The molecule has 6 heteroatoms. The van der Waals surface area contributed by atoms with Crippen molar-refractivity contribution in [2.45, 2.75) is 52.1 Å². The molecule has 0 unspecified atom stereocenters. The Labute approximate surface area is 163 Å². The van der Waals surface area contributed by atoms with E-state index in [4.69, 9.17) is 9.47 Å². The van der Waals surface area contributed by atoms with Gasteiger partial charge in [0.15, 0.2) is 0 Å². The van der Waals surface area contributed by atoms with Crippen LogP contribution in [0.3, 0.4) is 0 Å². The van der Waals surface area contributed by atoms with Gasteiger partial charge in [-0.1, -0.05) is 28.7 Å². The quantitative estimate of drug-likeness (QED) is 0.370. The Bertz CT molecular complexity index is 647. The third-order valence-electron chi connectivity index (χ3n) is 4.90. The maximum absolute atomic E-state index is 12.8. The van der Waals surface area contributed by atoms with E-state index in [9.17, 15) is 9.59 Å². The number of hydrogen-bond acceptors (Lipinski definition) is 4. The van der Waals surface area contributed by atoms with Crippen molar-refractivity contribution in [3.8, 4) is 5.75 Å². The van der Waals surface area contributed by atoms with Crippen molar-refractivity contribution in [2.75, 3.05) is 18.1 Å². The number of alkyl halides is 1. The number of hydrogen-bond donors (Lipinski definition) is 0. The number of halogens is 1. The zero-order valence-corrected chi connectivity index (χ0v) is 17.5. The lowest BCUT2D eigenvalue weighted by Crippen LogP contribution is -2.43. The van der Waals surface area contributed by atoms with E-state index in [1.165, 1.54) is 0 Å². The minimum atomic E-state index is -0.484. The monoisotopic (exact) mass is 459 g/mol. The number of amides is 1. The molecule has 1 aromatic rings. The molecule has 1 fully saturated rings. The molecule has 2 rings (SSSR count). The molecule has 138 valence electrons. The summed E-state index contributed by atoms with van der Waals surface area (Å²) < 4.78 is 11.3. The predicted molar refractivity (Wildman–Crippen MR) is 105 cm³/mol. The van der Waals surface area contributed by atoms with E-state index < -0.39 is 6.04 Å². The van der Waals surface area contributed by atoms with Crippen molar-refractivity contribution in [1.82, 2.24) is 4.90 Å². The van der Waals surface area contributed by atoms with Gasteiger partial charge in [0.1, 0.15) is 11.8 Å². The van der Waals surface area contributed by atoms with E-state index in [2.05, 4.69) is 22.6 Å². The first-order valence-corrected chi connectivity index (χ1v) is 10.2. The summed E-state index contributed by atoms with van der Waals surface area (Å²) >= 11 is 2.19. The Kier molecular flexibility index (Phi) is 7.10. The molecular formula is C19H26INO4. The minimum absolute atomic E-state index is 0.0165. The number of carbonyl (C=O) groups is 2.